The molecule has 1 fully saturated rings. The molecule has 0 aliphatic heterocycles. The van der Waals surface area contributed by atoms with E-state index in [1.807, 2.05) is 6.07 Å². The van der Waals surface area contributed by atoms with Gasteiger partial charge in [0.2, 0.25) is 0 Å². The lowest BCUT2D eigenvalue weighted by atomic mass is 9.99. The first-order valence-corrected chi connectivity index (χ1v) is 10.2. The number of rotatable bonds is 8. The molecule has 27 heavy (non-hydrogen) atoms. The summed E-state index contributed by atoms with van der Waals surface area (Å²) in [7, 11) is 0. The van der Waals surface area contributed by atoms with Crippen LogP contribution >= 0.6 is 11.8 Å². The van der Waals surface area contributed by atoms with Crippen LogP contribution in [0.15, 0.2) is 53.8 Å². The molecular weight excluding hydrogens is 358 g/mol. The van der Waals surface area contributed by atoms with Gasteiger partial charge >= 0.3 is 5.97 Å². The number of nitrogens with one attached hydrogen (secondary N) is 1. The Labute approximate surface area is 162 Å². The topological polar surface area (TPSA) is 75.1 Å². The Balaban J connectivity index is 1.52. The van der Waals surface area contributed by atoms with Crippen LogP contribution in [0.2, 0.25) is 0 Å². The van der Waals surface area contributed by atoms with Crippen molar-refractivity contribution in [3.8, 4) is 0 Å². The zero-order chi connectivity index (χ0) is 18.6. The lowest BCUT2D eigenvalue weighted by Crippen LogP contribution is -1.99. The van der Waals surface area contributed by atoms with Crippen LogP contribution in [-0.2, 0) is 4.79 Å². The molecule has 0 amide bonds. The van der Waals surface area contributed by atoms with Gasteiger partial charge < -0.3 is 10.4 Å². The molecule has 0 radical (unpaired) electrons. The molecule has 5 nitrogen and oxygen atoms in total. The van der Waals surface area contributed by atoms with Crippen molar-refractivity contribution in [1.29, 1.82) is 0 Å². The number of carboxylic acids is 1. The summed E-state index contributed by atoms with van der Waals surface area (Å²) >= 11 is 1.48. The average Bonchev–Trinajstić information content (AvgIpc) is 3.51. The number of nitrogens with zero attached hydrogens (tertiary/aromatic N) is 2. The minimum atomic E-state index is -0.770. The van der Waals surface area contributed by atoms with E-state index in [-0.39, 0.29) is 6.42 Å². The SMILES string of the molecule is O=C(O)CCCSc1nccc(Nc2ccc(C3CC3)c3ccccc23)n1. The summed E-state index contributed by atoms with van der Waals surface area (Å²) in [6.45, 7) is 0. The number of carbonyl (C=O) groups is 1. The van der Waals surface area contributed by atoms with Gasteiger partial charge in [0.15, 0.2) is 5.16 Å². The highest BCUT2D eigenvalue weighted by molar-refractivity contribution is 7.99. The van der Waals surface area contributed by atoms with Crippen molar-refractivity contribution in [2.45, 2.75) is 36.8 Å². The van der Waals surface area contributed by atoms with Crippen molar-refractivity contribution < 1.29 is 9.90 Å². The fourth-order valence-electron chi connectivity index (χ4n) is 3.19. The summed E-state index contributed by atoms with van der Waals surface area (Å²) in [4.78, 5) is 19.4. The Hall–Kier alpha value is -2.60. The van der Waals surface area contributed by atoms with Crippen LogP contribution in [0.3, 0.4) is 0 Å². The molecule has 0 saturated heterocycles. The van der Waals surface area contributed by atoms with E-state index < -0.39 is 5.97 Å². The second kappa shape index (κ2) is 7.96. The number of anilines is 2. The van der Waals surface area contributed by atoms with Crippen molar-refractivity contribution in [3.05, 3.63) is 54.2 Å². The maximum Gasteiger partial charge on any atom is 0.303 e. The zero-order valence-electron chi connectivity index (χ0n) is 14.9. The van der Waals surface area contributed by atoms with E-state index in [0.717, 1.165) is 11.5 Å². The number of hydrogen-bond donors (Lipinski definition) is 2. The van der Waals surface area contributed by atoms with E-state index in [1.54, 1.807) is 6.20 Å². The first-order valence-electron chi connectivity index (χ1n) is 9.17. The van der Waals surface area contributed by atoms with Gasteiger partial charge in [0.1, 0.15) is 5.82 Å². The molecule has 1 aliphatic rings. The van der Waals surface area contributed by atoms with Crippen LogP contribution in [0, 0.1) is 0 Å². The zero-order valence-corrected chi connectivity index (χ0v) is 15.7. The van der Waals surface area contributed by atoms with Crippen LogP contribution < -0.4 is 5.32 Å². The summed E-state index contributed by atoms with van der Waals surface area (Å²) < 4.78 is 0. The molecule has 1 heterocycles. The Morgan fingerprint density at radius 3 is 2.74 bits per heavy atom. The number of hydrogen-bond acceptors (Lipinski definition) is 5. The maximum absolute atomic E-state index is 10.6. The molecule has 138 valence electrons. The number of carboxylic acid groups (broad SMARTS) is 1. The molecule has 0 atom stereocenters. The van der Waals surface area contributed by atoms with E-state index in [9.17, 15) is 4.79 Å². The Morgan fingerprint density at radius 2 is 1.96 bits per heavy atom. The lowest BCUT2D eigenvalue weighted by molar-refractivity contribution is -0.137. The van der Waals surface area contributed by atoms with Crippen LogP contribution in [0.25, 0.3) is 10.8 Å². The Bertz CT molecular complexity index is 973. The van der Waals surface area contributed by atoms with Crippen LogP contribution in [0.1, 0.15) is 37.2 Å². The molecule has 1 aromatic heterocycles. The van der Waals surface area contributed by atoms with Gasteiger partial charge in [-0.15, -0.1) is 0 Å². The Kier molecular flexibility index (Phi) is 5.25. The van der Waals surface area contributed by atoms with Gasteiger partial charge in [-0.1, -0.05) is 42.1 Å². The normalized spacial score (nSPS) is 13.6. The summed E-state index contributed by atoms with van der Waals surface area (Å²) in [6, 6.07) is 14.7. The third-order valence-corrected chi connectivity index (χ3v) is 5.59. The van der Waals surface area contributed by atoms with Crippen LogP contribution in [-0.4, -0.2) is 26.8 Å². The molecular formula is C21H21N3O2S. The fraction of sp³-hybridized carbons (Fsp3) is 0.286. The average molecular weight is 379 g/mol. The fourth-order valence-corrected chi connectivity index (χ4v) is 3.96. The number of aromatic nitrogens is 2. The van der Waals surface area contributed by atoms with Crippen molar-refractivity contribution in [1.82, 2.24) is 9.97 Å². The molecule has 0 spiro atoms. The largest absolute Gasteiger partial charge is 0.481 e. The van der Waals surface area contributed by atoms with Crippen molar-refractivity contribution in [2.24, 2.45) is 0 Å². The highest BCUT2D eigenvalue weighted by atomic mass is 32.2. The molecule has 2 N–H and O–H groups in total. The number of benzene rings is 2. The van der Waals surface area contributed by atoms with E-state index in [4.69, 9.17) is 5.11 Å². The van der Waals surface area contributed by atoms with E-state index in [2.05, 4.69) is 51.7 Å². The molecule has 1 aliphatic carbocycles. The van der Waals surface area contributed by atoms with Gasteiger partial charge in [-0.05, 0) is 48.3 Å². The molecule has 0 bridgehead atoms. The van der Waals surface area contributed by atoms with Crippen molar-refractivity contribution in [3.63, 3.8) is 0 Å². The second-order valence-corrected chi connectivity index (χ2v) is 7.78. The predicted octanol–water partition coefficient (Wildman–Crippen LogP) is 5.21. The number of fused-ring (bicyclic) bond motifs is 1. The van der Waals surface area contributed by atoms with Crippen molar-refractivity contribution >= 4 is 40.0 Å². The minimum absolute atomic E-state index is 0.171. The van der Waals surface area contributed by atoms with Gasteiger partial charge in [-0.25, -0.2) is 9.97 Å². The summed E-state index contributed by atoms with van der Waals surface area (Å²) in [6.07, 6.45) is 5.07. The van der Waals surface area contributed by atoms with Crippen molar-refractivity contribution in [2.75, 3.05) is 11.1 Å². The molecule has 0 unspecified atom stereocenters. The summed E-state index contributed by atoms with van der Waals surface area (Å²) in [5.74, 6) is 1.37. The molecule has 1 saturated carbocycles. The van der Waals surface area contributed by atoms with E-state index >= 15 is 0 Å². The van der Waals surface area contributed by atoms with Crippen LogP contribution in [0.4, 0.5) is 11.5 Å². The number of aliphatic carboxylic acids is 1. The molecule has 3 aromatic rings. The maximum atomic E-state index is 10.6. The van der Waals surface area contributed by atoms with Crippen LogP contribution in [0.5, 0.6) is 0 Å². The number of thioether (sulfide) groups is 1. The van der Waals surface area contributed by atoms with Gasteiger partial charge in [0.25, 0.3) is 0 Å². The standard InChI is InChI=1S/C21H21N3O2S/c25-20(26)6-3-13-27-21-22-12-11-19(24-21)23-18-10-9-15(14-7-8-14)16-4-1-2-5-17(16)18/h1-2,4-5,9-12,14H,3,6-8,13H2,(H,25,26)(H,22,23,24). The van der Waals surface area contributed by atoms with Gasteiger partial charge in [0.05, 0.1) is 0 Å². The summed E-state index contributed by atoms with van der Waals surface area (Å²) in [5, 5.41) is 15.3. The van der Waals surface area contributed by atoms with E-state index in [1.165, 1.54) is 40.9 Å². The molecule has 2 aromatic carbocycles. The predicted molar refractivity (Wildman–Crippen MR) is 109 cm³/mol. The quantitative estimate of drug-likeness (QED) is 0.318. The summed E-state index contributed by atoms with van der Waals surface area (Å²) in [5.41, 5.74) is 2.48. The third kappa shape index (κ3) is 4.39. The van der Waals surface area contributed by atoms with E-state index in [0.29, 0.717) is 23.2 Å². The van der Waals surface area contributed by atoms with Gasteiger partial charge in [-0.2, -0.15) is 0 Å². The van der Waals surface area contributed by atoms with Gasteiger partial charge in [-0.3, -0.25) is 4.79 Å². The molecule has 6 heteroatoms. The first-order chi connectivity index (χ1) is 13.2. The highest BCUT2D eigenvalue weighted by Gasteiger charge is 2.25. The minimum Gasteiger partial charge on any atom is -0.481 e. The van der Waals surface area contributed by atoms with Gasteiger partial charge in [0, 0.05) is 29.4 Å². The lowest BCUT2D eigenvalue weighted by Gasteiger charge is -2.13. The smallest absolute Gasteiger partial charge is 0.303 e. The second-order valence-electron chi connectivity index (χ2n) is 6.72. The Morgan fingerprint density at radius 1 is 1.15 bits per heavy atom. The highest BCUT2D eigenvalue weighted by Crippen LogP contribution is 2.44. The molecule has 4 rings (SSSR count). The monoisotopic (exact) mass is 379 g/mol. The first kappa shape index (κ1) is 17.8. The third-order valence-electron chi connectivity index (χ3n) is 4.64.